The average Bonchev–Trinajstić information content (AvgIpc) is 2.56. The maximum absolute atomic E-state index is 5.68. The number of nitrogens with zero attached hydrogens (tertiary/aromatic N) is 2. The van der Waals surface area contributed by atoms with Gasteiger partial charge >= 0.3 is 0 Å². The Morgan fingerprint density at radius 3 is 2.55 bits per heavy atom. The van der Waals surface area contributed by atoms with E-state index in [0.29, 0.717) is 31.6 Å². The first-order valence-corrected chi connectivity index (χ1v) is 8.07. The molecule has 124 valence electrons. The molecule has 6 nitrogen and oxygen atoms in total. The van der Waals surface area contributed by atoms with Crippen LogP contribution in [0.3, 0.4) is 0 Å². The van der Waals surface area contributed by atoms with Crippen LogP contribution in [0.2, 0.25) is 0 Å². The molecule has 0 aromatic carbocycles. The second-order valence-corrected chi connectivity index (χ2v) is 5.55. The van der Waals surface area contributed by atoms with E-state index in [-0.39, 0.29) is 0 Å². The number of ether oxygens (including phenoxy) is 3. The first-order valence-electron chi connectivity index (χ1n) is 8.07. The molecule has 1 aliphatic carbocycles. The SMILES string of the molecule is COCCNc1cc(OCCOC)nc(C2CCCCC2)n1. The Labute approximate surface area is 132 Å². The molecule has 0 spiro atoms. The number of methoxy groups -OCH3 is 2. The first kappa shape index (κ1) is 17.0. The molecule has 22 heavy (non-hydrogen) atoms. The molecule has 0 aliphatic heterocycles. The highest BCUT2D eigenvalue weighted by atomic mass is 16.5. The van der Waals surface area contributed by atoms with Crippen LogP contribution in [0.25, 0.3) is 0 Å². The smallest absolute Gasteiger partial charge is 0.218 e. The van der Waals surface area contributed by atoms with Gasteiger partial charge in [0.15, 0.2) is 0 Å². The highest BCUT2D eigenvalue weighted by Crippen LogP contribution is 2.32. The van der Waals surface area contributed by atoms with E-state index in [4.69, 9.17) is 14.2 Å². The van der Waals surface area contributed by atoms with Crippen LogP contribution in [-0.2, 0) is 9.47 Å². The molecule has 0 atom stereocenters. The van der Waals surface area contributed by atoms with E-state index >= 15 is 0 Å². The minimum Gasteiger partial charge on any atom is -0.475 e. The molecule has 0 saturated heterocycles. The molecule has 6 heteroatoms. The van der Waals surface area contributed by atoms with Crippen LogP contribution < -0.4 is 10.1 Å². The van der Waals surface area contributed by atoms with Crippen LogP contribution in [0.5, 0.6) is 5.88 Å². The van der Waals surface area contributed by atoms with Gasteiger partial charge in [-0.25, -0.2) is 4.98 Å². The summed E-state index contributed by atoms with van der Waals surface area (Å²) in [7, 11) is 3.35. The topological polar surface area (TPSA) is 65.5 Å². The molecular formula is C16H27N3O3. The third kappa shape index (κ3) is 5.42. The lowest BCUT2D eigenvalue weighted by atomic mass is 9.89. The zero-order valence-electron chi connectivity index (χ0n) is 13.6. The summed E-state index contributed by atoms with van der Waals surface area (Å²) in [5.41, 5.74) is 0. The molecular weight excluding hydrogens is 282 g/mol. The molecule has 1 aliphatic rings. The maximum Gasteiger partial charge on any atom is 0.218 e. The number of rotatable bonds is 9. The quantitative estimate of drug-likeness (QED) is 0.707. The van der Waals surface area contributed by atoms with Crippen molar-refractivity contribution in [2.45, 2.75) is 38.0 Å². The molecule has 0 amide bonds. The van der Waals surface area contributed by atoms with Crippen LogP contribution in [0.15, 0.2) is 6.07 Å². The fourth-order valence-corrected chi connectivity index (χ4v) is 2.66. The molecule has 1 N–H and O–H groups in total. The molecule has 1 saturated carbocycles. The second-order valence-electron chi connectivity index (χ2n) is 5.55. The van der Waals surface area contributed by atoms with Gasteiger partial charge in [0.2, 0.25) is 5.88 Å². The lowest BCUT2D eigenvalue weighted by molar-refractivity contribution is 0.143. The maximum atomic E-state index is 5.68. The number of hydrogen-bond acceptors (Lipinski definition) is 6. The number of hydrogen-bond donors (Lipinski definition) is 1. The summed E-state index contributed by atoms with van der Waals surface area (Å²) in [5, 5.41) is 3.27. The lowest BCUT2D eigenvalue weighted by Crippen LogP contribution is -2.15. The molecule has 1 fully saturated rings. The third-order valence-electron chi connectivity index (χ3n) is 3.84. The Balaban J connectivity index is 2.07. The average molecular weight is 309 g/mol. The van der Waals surface area contributed by atoms with E-state index in [1.54, 1.807) is 14.2 Å². The van der Waals surface area contributed by atoms with E-state index in [2.05, 4.69) is 15.3 Å². The van der Waals surface area contributed by atoms with E-state index < -0.39 is 0 Å². The van der Waals surface area contributed by atoms with E-state index in [9.17, 15) is 0 Å². The fourth-order valence-electron chi connectivity index (χ4n) is 2.66. The zero-order chi connectivity index (χ0) is 15.6. The van der Waals surface area contributed by atoms with Gasteiger partial charge in [-0.05, 0) is 12.8 Å². The summed E-state index contributed by atoms with van der Waals surface area (Å²) in [6.07, 6.45) is 6.17. The van der Waals surface area contributed by atoms with Crippen molar-refractivity contribution in [2.24, 2.45) is 0 Å². The Kier molecular flexibility index (Phi) is 7.39. The van der Waals surface area contributed by atoms with Crippen LogP contribution in [0, 0.1) is 0 Å². The van der Waals surface area contributed by atoms with E-state index in [1.165, 1.54) is 32.1 Å². The summed E-state index contributed by atoms with van der Waals surface area (Å²) < 4.78 is 15.8. The van der Waals surface area contributed by atoms with Gasteiger partial charge in [-0.2, -0.15) is 4.98 Å². The Morgan fingerprint density at radius 1 is 1.05 bits per heavy atom. The van der Waals surface area contributed by atoms with Gasteiger partial charge in [0, 0.05) is 32.7 Å². The van der Waals surface area contributed by atoms with Gasteiger partial charge in [0.25, 0.3) is 0 Å². The Hall–Kier alpha value is -1.40. The van der Waals surface area contributed by atoms with Crippen molar-refractivity contribution >= 4 is 5.82 Å². The van der Waals surface area contributed by atoms with Gasteiger partial charge in [-0.3, -0.25) is 0 Å². The van der Waals surface area contributed by atoms with Gasteiger partial charge < -0.3 is 19.5 Å². The minimum absolute atomic E-state index is 0.447. The molecule has 0 bridgehead atoms. The van der Waals surface area contributed by atoms with E-state index in [0.717, 1.165) is 18.2 Å². The van der Waals surface area contributed by atoms with Crippen molar-refractivity contribution < 1.29 is 14.2 Å². The van der Waals surface area contributed by atoms with Crippen molar-refractivity contribution in [1.82, 2.24) is 9.97 Å². The predicted octanol–water partition coefficient (Wildman–Crippen LogP) is 2.61. The van der Waals surface area contributed by atoms with Crippen LogP contribution in [-0.4, -0.2) is 50.6 Å². The van der Waals surface area contributed by atoms with Crippen molar-refractivity contribution in [1.29, 1.82) is 0 Å². The normalized spacial score (nSPS) is 15.7. The van der Waals surface area contributed by atoms with Crippen LogP contribution >= 0.6 is 0 Å². The first-order chi connectivity index (χ1) is 10.8. The molecule has 1 aromatic rings. The van der Waals surface area contributed by atoms with Gasteiger partial charge in [-0.15, -0.1) is 0 Å². The summed E-state index contributed by atoms with van der Waals surface area (Å²) in [5.74, 6) is 2.77. The molecule has 0 unspecified atom stereocenters. The highest BCUT2D eigenvalue weighted by molar-refractivity contribution is 5.39. The van der Waals surface area contributed by atoms with Crippen molar-refractivity contribution in [3.05, 3.63) is 11.9 Å². The Bertz CT molecular complexity index is 408. The largest absolute Gasteiger partial charge is 0.475 e. The summed E-state index contributed by atoms with van der Waals surface area (Å²) >= 11 is 0. The monoisotopic (exact) mass is 309 g/mol. The standard InChI is InChI=1S/C16H27N3O3/c1-20-9-8-17-14-12-15(22-11-10-21-2)19-16(18-14)13-6-4-3-5-7-13/h12-13H,3-11H2,1-2H3,(H,17,18,19). The number of anilines is 1. The van der Waals surface area contributed by atoms with Gasteiger partial charge in [0.1, 0.15) is 18.2 Å². The zero-order valence-corrected chi connectivity index (χ0v) is 13.6. The van der Waals surface area contributed by atoms with Crippen molar-refractivity contribution in [3.63, 3.8) is 0 Å². The van der Waals surface area contributed by atoms with E-state index in [1.807, 2.05) is 6.07 Å². The third-order valence-corrected chi connectivity index (χ3v) is 3.84. The number of aromatic nitrogens is 2. The summed E-state index contributed by atoms with van der Waals surface area (Å²) in [6.45, 7) is 2.40. The van der Waals surface area contributed by atoms with Gasteiger partial charge in [0.05, 0.1) is 13.2 Å². The lowest BCUT2D eigenvalue weighted by Gasteiger charge is -2.21. The summed E-state index contributed by atoms with van der Waals surface area (Å²) in [6, 6.07) is 1.84. The molecule has 0 radical (unpaired) electrons. The number of nitrogens with one attached hydrogen (secondary N) is 1. The predicted molar refractivity (Wildman–Crippen MR) is 85.6 cm³/mol. The van der Waals surface area contributed by atoms with Gasteiger partial charge in [-0.1, -0.05) is 19.3 Å². The Morgan fingerprint density at radius 2 is 1.82 bits per heavy atom. The molecule has 1 heterocycles. The second kappa shape index (κ2) is 9.58. The molecule has 1 aromatic heterocycles. The highest BCUT2D eigenvalue weighted by Gasteiger charge is 2.19. The summed E-state index contributed by atoms with van der Waals surface area (Å²) in [4.78, 5) is 9.27. The minimum atomic E-state index is 0.447. The van der Waals surface area contributed by atoms with Crippen molar-refractivity contribution in [2.75, 3.05) is 45.9 Å². The fraction of sp³-hybridized carbons (Fsp3) is 0.750. The van der Waals surface area contributed by atoms with Crippen molar-refractivity contribution in [3.8, 4) is 5.88 Å². The van der Waals surface area contributed by atoms with Crippen LogP contribution in [0.1, 0.15) is 43.8 Å². The molecule has 2 rings (SSSR count). The van der Waals surface area contributed by atoms with Crippen LogP contribution in [0.4, 0.5) is 5.82 Å².